The van der Waals surface area contributed by atoms with E-state index >= 15 is 0 Å². The molecule has 4 atom stereocenters. The van der Waals surface area contributed by atoms with Crippen molar-refractivity contribution < 1.29 is 18.4 Å². The fraction of sp³-hybridized carbons (Fsp3) is 0.250. The van der Waals surface area contributed by atoms with Gasteiger partial charge in [0.1, 0.15) is 5.41 Å². The SMILES string of the molecule is O=C1C[C@@H](C2C=CC=C(Cl)C2)[C@]2(C(=O)Nc3cc(Cl)ccc32)[C@H](c2ccc(F)c(F)c2)N1. The van der Waals surface area contributed by atoms with Crippen molar-refractivity contribution in [2.75, 3.05) is 5.32 Å². The van der Waals surface area contributed by atoms with Crippen molar-refractivity contribution in [1.29, 1.82) is 0 Å². The Morgan fingerprint density at radius 2 is 1.81 bits per heavy atom. The number of nitrogens with one attached hydrogen (secondary N) is 2. The van der Waals surface area contributed by atoms with Crippen LogP contribution < -0.4 is 10.6 Å². The van der Waals surface area contributed by atoms with Crippen molar-refractivity contribution in [3.63, 3.8) is 0 Å². The average Bonchev–Trinajstić information content (AvgIpc) is 3.03. The van der Waals surface area contributed by atoms with Crippen LogP contribution in [0.25, 0.3) is 0 Å². The first kappa shape index (κ1) is 21.2. The van der Waals surface area contributed by atoms with Crippen LogP contribution in [0.15, 0.2) is 59.7 Å². The molecule has 0 saturated carbocycles. The predicted octanol–water partition coefficient (Wildman–Crippen LogP) is 5.38. The maximum atomic E-state index is 14.2. The molecule has 3 aliphatic rings. The second-order valence-electron chi connectivity index (χ2n) is 8.36. The summed E-state index contributed by atoms with van der Waals surface area (Å²) in [5.41, 5.74) is 0.242. The third kappa shape index (κ3) is 3.16. The van der Waals surface area contributed by atoms with Crippen molar-refractivity contribution in [2.45, 2.75) is 24.3 Å². The third-order valence-electron chi connectivity index (χ3n) is 6.66. The highest BCUT2D eigenvalue weighted by molar-refractivity contribution is 6.31. The standard InChI is InChI=1S/C24H18Cl2F2N2O2/c25-14-3-1-2-12(8-14)17-11-21(31)30-22(13-4-7-18(27)19(28)9-13)24(17)16-6-5-15(26)10-20(16)29-23(24)32/h1-7,9-10,12,17,22H,8,11H2,(H,29,32)(H,30,31)/t12?,17-,22-,24-/m0/s1. The smallest absolute Gasteiger partial charge is 0.237 e. The highest BCUT2D eigenvalue weighted by atomic mass is 35.5. The molecule has 32 heavy (non-hydrogen) atoms. The monoisotopic (exact) mass is 474 g/mol. The van der Waals surface area contributed by atoms with Crippen molar-refractivity contribution in [2.24, 2.45) is 11.8 Å². The minimum Gasteiger partial charge on any atom is -0.348 e. The summed E-state index contributed by atoms with van der Waals surface area (Å²) in [7, 11) is 0. The quantitative estimate of drug-likeness (QED) is 0.613. The molecule has 2 amide bonds. The van der Waals surface area contributed by atoms with Gasteiger partial charge in [-0.05, 0) is 59.7 Å². The average molecular weight is 475 g/mol. The van der Waals surface area contributed by atoms with Gasteiger partial charge in [0.15, 0.2) is 11.6 Å². The summed E-state index contributed by atoms with van der Waals surface area (Å²) in [6.07, 6.45) is 6.09. The second-order valence-corrected chi connectivity index (χ2v) is 9.29. The van der Waals surface area contributed by atoms with Crippen LogP contribution in [0.5, 0.6) is 0 Å². The lowest BCUT2D eigenvalue weighted by atomic mass is 9.57. The first-order valence-corrected chi connectivity index (χ1v) is 10.9. The van der Waals surface area contributed by atoms with Gasteiger partial charge in [-0.1, -0.05) is 47.5 Å². The molecule has 2 aromatic carbocycles. The van der Waals surface area contributed by atoms with E-state index < -0.39 is 29.0 Å². The summed E-state index contributed by atoms with van der Waals surface area (Å²) >= 11 is 12.5. The first-order chi connectivity index (χ1) is 15.3. The summed E-state index contributed by atoms with van der Waals surface area (Å²) in [6, 6.07) is 7.63. The van der Waals surface area contributed by atoms with E-state index in [9.17, 15) is 18.4 Å². The van der Waals surface area contributed by atoms with E-state index in [1.807, 2.05) is 12.2 Å². The van der Waals surface area contributed by atoms with Gasteiger partial charge in [0.2, 0.25) is 11.8 Å². The number of fused-ring (bicyclic) bond motifs is 2. The zero-order valence-corrected chi connectivity index (χ0v) is 18.2. The number of rotatable bonds is 2. The van der Waals surface area contributed by atoms with Gasteiger partial charge < -0.3 is 10.6 Å². The molecule has 2 aromatic rings. The van der Waals surface area contributed by atoms with Gasteiger partial charge in [-0.15, -0.1) is 0 Å². The summed E-state index contributed by atoms with van der Waals surface area (Å²) in [6.45, 7) is 0. The lowest BCUT2D eigenvalue weighted by molar-refractivity contribution is -0.135. The molecule has 5 rings (SSSR count). The Balaban J connectivity index is 1.75. The molecule has 2 N–H and O–H groups in total. The molecule has 1 aliphatic carbocycles. The fourth-order valence-corrected chi connectivity index (χ4v) is 5.78. The fourth-order valence-electron chi connectivity index (χ4n) is 5.36. The third-order valence-corrected chi connectivity index (χ3v) is 7.18. The van der Waals surface area contributed by atoms with E-state index in [4.69, 9.17) is 23.2 Å². The number of anilines is 1. The van der Waals surface area contributed by atoms with Crippen LogP contribution in [0.2, 0.25) is 5.02 Å². The Bertz CT molecular complexity index is 1210. The van der Waals surface area contributed by atoms with Gasteiger partial charge in [-0.2, -0.15) is 0 Å². The zero-order chi connectivity index (χ0) is 22.6. The van der Waals surface area contributed by atoms with E-state index in [1.165, 1.54) is 6.07 Å². The highest BCUT2D eigenvalue weighted by Gasteiger charge is 2.62. The summed E-state index contributed by atoms with van der Waals surface area (Å²) in [4.78, 5) is 26.6. The topological polar surface area (TPSA) is 58.2 Å². The van der Waals surface area contributed by atoms with Gasteiger partial charge in [-0.3, -0.25) is 9.59 Å². The van der Waals surface area contributed by atoms with Crippen LogP contribution in [0, 0.1) is 23.5 Å². The molecule has 2 aliphatic heterocycles. The van der Waals surface area contributed by atoms with Crippen LogP contribution in [-0.4, -0.2) is 11.8 Å². The Hall–Kier alpha value is -2.70. The number of allylic oxidation sites excluding steroid dienone is 4. The summed E-state index contributed by atoms with van der Waals surface area (Å²) in [5.74, 6) is -3.34. The van der Waals surface area contributed by atoms with Gasteiger partial charge in [0.25, 0.3) is 0 Å². The van der Waals surface area contributed by atoms with Crippen LogP contribution in [-0.2, 0) is 15.0 Å². The molecule has 1 fully saturated rings. The molecular formula is C24H18Cl2F2N2O2. The molecule has 2 heterocycles. The molecule has 0 bridgehead atoms. The summed E-state index contributed by atoms with van der Waals surface area (Å²) < 4.78 is 27.9. The molecule has 164 valence electrons. The number of carbonyl (C=O) groups excluding carboxylic acids is 2. The molecule has 8 heteroatoms. The number of amides is 2. The second kappa shape index (κ2) is 7.71. The molecule has 1 unspecified atom stereocenters. The molecule has 0 radical (unpaired) electrons. The summed E-state index contributed by atoms with van der Waals surface area (Å²) in [5, 5.41) is 6.86. The number of benzene rings is 2. The van der Waals surface area contributed by atoms with Crippen LogP contribution in [0.3, 0.4) is 0 Å². The Kier molecular flexibility index (Phi) is 5.10. The number of carbonyl (C=O) groups is 2. The highest BCUT2D eigenvalue weighted by Crippen LogP contribution is 2.57. The minimum absolute atomic E-state index is 0.0782. The molecule has 1 saturated heterocycles. The maximum absolute atomic E-state index is 14.2. The van der Waals surface area contributed by atoms with Gasteiger partial charge in [-0.25, -0.2) is 8.78 Å². The van der Waals surface area contributed by atoms with E-state index in [0.29, 0.717) is 33.3 Å². The van der Waals surface area contributed by atoms with Crippen molar-refractivity contribution in [3.05, 3.63) is 87.4 Å². The molecule has 1 spiro atoms. The first-order valence-electron chi connectivity index (χ1n) is 10.2. The van der Waals surface area contributed by atoms with E-state index in [2.05, 4.69) is 10.6 Å². The predicted molar refractivity (Wildman–Crippen MR) is 118 cm³/mol. The van der Waals surface area contributed by atoms with E-state index in [1.54, 1.807) is 24.3 Å². The number of hydrogen-bond acceptors (Lipinski definition) is 2. The normalized spacial score (nSPS) is 28.9. The van der Waals surface area contributed by atoms with E-state index in [0.717, 1.165) is 12.1 Å². The minimum atomic E-state index is -1.26. The lowest BCUT2D eigenvalue weighted by Gasteiger charge is -2.48. The number of halogens is 4. The number of hydrogen-bond donors (Lipinski definition) is 2. The Morgan fingerprint density at radius 1 is 1.00 bits per heavy atom. The Morgan fingerprint density at radius 3 is 2.56 bits per heavy atom. The van der Waals surface area contributed by atoms with Crippen LogP contribution in [0.1, 0.15) is 30.0 Å². The van der Waals surface area contributed by atoms with Crippen molar-refractivity contribution >= 4 is 40.7 Å². The van der Waals surface area contributed by atoms with Crippen LogP contribution in [0.4, 0.5) is 14.5 Å². The van der Waals surface area contributed by atoms with Crippen LogP contribution >= 0.6 is 23.2 Å². The van der Waals surface area contributed by atoms with Crippen molar-refractivity contribution in [3.8, 4) is 0 Å². The van der Waals surface area contributed by atoms with Crippen molar-refractivity contribution in [1.82, 2.24) is 5.32 Å². The molecular weight excluding hydrogens is 457 g/mol. The van der Waals surface area contributed by atoms with Gasteiger partial charge in [0, 0.05) is 22.2 Å². The van der Waals surface area contributed by atoms with Gasteiger partial charge >= 0.3 is 0 Å². The lowest BCUT2D eigenvalue weighted by Crippen LogP contribution is -2.59. The number of piperidine rings is 1. The molecule has 4 nitrogen and oxygen atoms in total. The largest absolute Gasteiger partial charge is 0.348 e. The Labute approximate surface area is 193 Å². The zero-order valence-electron chi connectivity index (χ0n) is 16.7. The maximum Gasteiger partial charge on any atom is 0.237 e. The molecule has 0 aromatic heterocycles. The van der Waals surface area contributed by atoms with Gasteiger partial charge in [0.05, 0.1) is 6.04 Å². The van der Waals surface area contributed by atoms with E-state index in [-0.39, 0.29) is 24.2 Å².